The highest BCUT2D eigenvalue weighted by Gasteiger charge is 2.29. The standard InChI is InChI=1S/C23H23NO3/c1-14-10-15(2)12-16(11-14)13-24-18-7-4-6-17(23(26)27-3)21(18)22-19(24)8-5-9-20(22)25/h4,6-7,10-12H,5,8-9,13H2,1-3H3. The summed E-state index contributed by atoms with van der Waals surface area (Å²) in [5, 5.41) is 0.744. The Morgan fingerprint density at radius 3 is 2.56 bits per heavy atom. The van der Waals surface area contributed by atoms with E-state index in [1.54, 1.807) is 6.07 Å². The highest BCUT2D eigenvalue weighted by atomic mass is 16.5. The fraction of sp³-hybridized carbons (Fsp3) is 0.304. The van der Waals surface area contributed by atoms with Crippen molar-refractivity contribution in [1.29, 1.82) is 0 Å². The molecule has 0 saturated heterocycles. The van der Waals surface area contributed by atoms with Crippen LogP contribution in [0.5, 0.6) is 0 Å². The van der Waals surface area contributed by atoms with Crippen LogP contribution in [0.15, 0.2) is 36.4 Å². The van der Waals surface area contributed by atoms with Crippen molar-refractivity contribution in [2.75, 3.05) is 7.11 Å². The maximum Gasteiger partial charge on any atom is 0.338 e. The van der Waals surface area contributed by atoms with Crippen molar-refractivity contribution in [2.24, 2.45) is 0 Å². The summed E-state index contributed by atoms with van der Waals surface area (Å²) < 4.78 is 7.18. The van der Waals surface area contributed by atoms with E-state index in [-0.39, 0.29) is 5.78 Å². The second-order valence-corrected chi connectivity index (χ2v) is 7.37. The Hall–Kier alpha value is -2.88. The number of hydrogen-bond acceptors (Lipinski definition) is 3. The van der Waals surface area contributed by atoms with Crippen molar-refractivity contribution in [1.82, 2.24) is 4.57 Å². The number of benzene rings is 2. The minimum Gasteiger partial charge on any atom is -0.465 e. The molecule has 4 nitrogen and oxygen atoms in total. The van der Waals surface area contributed by atoms with Crippen LogP contribution in [0.3, 0.4) is 0 Å². The second kappa shape index (κ2) is 6.69. The summed E-state index contributed by atoms with van der Waals surface area (Å²) in [6, 6.07) is 12.1. The van der Waals surface area contributed by atoms with E-state index in [2.05, 4.69) is 36.6 Å². The molecule has 4 heteroatoms. The number of methoxy groups -OCH3 is 1. The van der Waals surface area contributed by atoms with Crippen molar-refractivity contribution in [3.63, 3.8) is 0 Å². The summed E-state index contributed by atoms with van der Waals surface area (Å²) in [6.07, 6.45) is 2.23. The van der Waals surface area contributed by atoms with Gasteiger partial charge in [0.15, 0.2) is 5.78 Å². The van der Waals surface area contributed by atoms with Gasteiger partial charge in [0.1, 0.15) is 0 Å². The maximum absolute atomic E-state index is 12.8. The number of nitrogens with zero attached hydrogens (tertiary/aromatic N) is 1. The number of ketones is 1. The Bertz CT molecular complexity index is 1050. The van der Waals surface area contributed by atoms with E-state index < -0.39 is 5.97 Å². The Morgan fingerprint density at radius 1 is 1.11 bits per heavy atom. The minimum atomic E-state index is -0.398. The Balaban J connectivity index is 1.98. The summed E-state index contributed by atoms with van der Waals surface area (Å²) >= 11 is 0. The van der Waals surface area contributed by atoms with E-state index in [1.165, 1.54) is 23.8 Å². The molecule has 0 N–H and O–H groups in total. The average Bonchev–Trinajstić information content (AvgIpc) is 2.95. The van der Waals surface area contributed by atoms with Gasteiger partial charge < -0.3 is 9.30 Å². The number of hydrogen-bond donors (Lipinski definition) is 0. The van der Waals surface area contributed by atoms with Crippen LogP contribution in [0.25, 0.3) is 10.9 Å². The first-order valence-electron chi connectivity index (χ1n) is 9.32. The van der Waals surface area contributed by atoms with E-state index in [0.717, 1.165) is 29.4 Å². The number of esters is 1. The van der Waals surface area contributed by atoms with Crippen molar-refractivity contribution < 1.29 is 14.3 Å². The average molecular weight is 361 g/mol. The van der Waals surface area contributed by atoms with Crippen LogP contribution in [0, 0.1) is 13.8 Å². The van der Waals surface area contributed by atoms with Crippen molar-refractivity contribution in [2.45, 2.75) is 39.7 Å². The fourth-order valence-corrected chi connectivity index (χ4v) is 4.36. The van der Waals surface area contributed by atoms with E-state index in [4.69, 9.17) is 4.74 Å². The van der Waals surface area contributed by atoms with Crippen molar-refractivity contribution in [3.8, 4) is 0 Å². The molecule has 0 fully saturated rings. The van der Waals surface area contributed by atoms with Gasteiger partial charge in [-0.2, -0.15) is 0 Å². The van der Waals surface area contributed by atoms with Crippen LogP contribution in [-0.4, -0.2) is 23.4 Å². The topological polar surface area (TPSA) is 48.3 Å². The second-order valence-electron chi connectivity index (χ2n) is 7.37. The fourth-order valence-electron chi connectivity index (χ4n) is 4.36. The molecule has 1 aromatic heterocycles. The third kappa shape index (κ3) is 2.95. The van der Waals surface area contributed by atoms with Gasteiger partial charge >= 0.3 is 5.97 Å². The quantitative estimate of drug-likeness (QED) is 0.640. The van der Waals surface area contributed by atoms with Crippen molar-refractivity contribution >= 4 is 22.7 Å². The molecular weight excluding hydrogens is 338 g/mol. The van der Waals surface area contributed by atoms with Crippen LogP contribution in [0.1, 0.15) is 55.9 Å². The van der Waals surface area contributed by atoms with Gasteiger partial charge in [0.2, 0.25) is 0 Å². The number of carbonyl (C=O) groups excluding carboxylic acids is 2. The lowest BCUT2D eigenvalue weighted by molar-refractivity contribution is 0.0603. The number of Topliss-reactive ketones (excluding diaryl/α,β-unsaturated/α-hetero) is 1. The van der Waals surface area contributed by atoms with Crippen LogP contribution in [0.2, 0.25) is 0 Å². The van der Waals surface area contributed by atoms with Crippen molar-refractivity contribution in [3.05, 3.63) is 69.9 Å². The molecule has 138 valence electrons. The normalized spacial score (nSPS) is 13.7. The van der Waals surface area contributed by atoms with Gasteiger partial charge in [-0.1, -0.05) is 35.4 Å². The van der Waals surface area contributed by atoms with Crippen LogP contribution < -0.4 is 0 Å². The number of rotatable bonds is 3. The number of aromatic nitrogens is 1. The number of carbonyl (C=O) groups is 2. The molecule has 1 aliphatic rings. The first-order chi connectivity index (χ1) is 13.0. The lowest BCUT2D eigenvalue weighted by Crippen LogP contribution is -2.14. The minimum absolute atomic E-state index is 0.122. The van der Waals surface area contributed by atoms with Gasteiger partial charge in [-0.25, -0.2) is 4.79 Å². The highest BCUT2D eigenvalue weighted by Crippen LogP contribution is 2.35. The van der Waals surface area contributed by atoms with E-state index in [1.807, 2.05) is 12.1 Å². The lowest BCUT2D eigenvalue weighted by atomic mass is 9.92. The molecule has 0 amide bonds. The lowest BCUT2D eigenvalue weighted by Gasteiger charge is -2.16. The molecule has 3 aromatic rings. The summed E-state index contributed by atoms with van der Waals surface area (Å²) in [5.41, 5.74) is 6.80. The summed E-state index contributed by atoms with van der Waals surface area (Å²) in [7, 11) is 1.38. The first-order valence-corrected chi connectivity index (χ1v) is 9.32. The molecule has 1 aliphatic carbocycles. The maximum atomic E-state index is 12.8. The molecule has 0 radical (unpaired) electrons. The first kappa shape index (κ1) is 17.5. The summed E-state index contributed by atoms with van der Waals surface area (Å²) in [4.78, 5) is 25.1. The van der Waals surface area contributed by atoms with Crippen LogP contribution in [-0.2, 0) is 17.7 Å². The van der Waals surface area contributed by atoms with Gasteiger partial charge in [0.05, 0.1) is 18.2 Å². The van der Waals surface area contributed by atoms with Gasteiger partial charge in [-0.05, 0) is 44.4 Å². The Labute approximate surface area is 158 Å². The monoisotopic (exact) mass is 361 g/mol. The van der Waals surface area contributed by atoms with Gasteiger partial charge in [-0.3, -0.25) is 4.79 Å². The Morgan fingerprint density at radius 2 is 1.85 bits per heavy atom. The van der Waals surface area contributed by atoms with Crippen LogP contribution >= 0.6 is 0 Å². The predicted octanol–water partition coefficient (Wildman–Crippen LogP) is 4.61. The molecule has 0 unspecified atom stereocenters. The van der Waals surface area contributed by atoms with Gasteiger partial charge in [-0.15, -0.1) is 0 Å². The zero-order valence-electron chi connectivity index (χ0n) is 16.0. The SMILES string of the molecule is COC(=O)c1cccc2c1c1c(n2Cc2cc(C)cc(C)c2)CCCC1=O. The van der Waals surface area contributed by atoms with E-state index >= 15 is 0 Å². The Kier molecular flexibility index (Phi) is 4.34. The number of aryl methyl sites for hydroxylation is 2. The highest BCUT2D eigenvalue weighted by molar-refractivity contribution is 6.16. The van der Waals surface area contributed by atoms with E-state index in [0.29, 0.717) is 24.1 Å². The smallest absolute Gasteiger partial charge is 0.338 e. The molecule has 2 aromatic carbocycles. The van der Waals surface area contributed by atoms with Gasteiger partial charge in [0.25, 0.3) is 0 Å². The molecule has 0 spiro atoms. The molecular formula is C23H23NO3. The van der Waals surface area contributed by atoms with Gasteiger partial charge in [0, 0.05) is 29.6 Å². The predicted molar refractivity (Wildman–Crippen MR) is 106 cm³/mol. The van der Waals surface area contributed by atoms with Crippen LogP contribution in [0.4, 0.5) is 0 Å². The third-order valence-electron chi connectivity index (χ3n) is 5.32. The zero-order valence-corrected chi connectivity index (χ0v) is 16.0. The molecule has 0 bridgehead atoms. The number of ether oxygens (including phenoxy) is 1. The molecule has 0 atom stereocenters. The number of fused-ring (bicyclic) bond motifs is 3. The van der Waals surface area contributed by atoms with E-state index in [9.17, 15) is 9.59 Å². The molecule has 4 rings (SSSR count). The third-order valence-corrected chi connectivity index (χ3v) is 5.32. The largest absolute Gasteiger partial charge is 0.465 e. The summed E-state index contributed by atoms with van der Waals surface area (Å²) in [5.74, 6) is -0.276. The summed E-state index contributed by atoms with van der Waals surface area (Å²) in [6.45, 7) is 4.88. The molecule has 0 saturated carbocycles. The molecule has 1 heterocycles. The zero-order chi connectivity index (χ0) is 19.1. The molecule has 0 aliphatic heterocycles. The molecule has 27 heavy (non-hydrogen) atoms.